The van der Waals surface area contributed by atoms with E-state index in [1.807, 2.05) is 6.92 Å². The van der Waals surface area contributed by atoms with Crippen LogP contribution in [0.3, 0.4) is 0 Å². The Morgan fingerprint density at radius 1 is 1.35 bits per heavy atom. The molecule has 0 heterocycles. The average Bonchev–Trinajstić information content (AvgIpc) is 2.23. The zero-order valence-corrected chi connectivity index (χ0v) is 10.0. The van der Waals surface area contributed by atoms with E-state index in [2.05, 4.69) is 10.6 Å². The highest BCUT2D eigenvalue weighted by Crippen LogP contribution is 1.97. The van der Waals surface area contributed by atoms with E-state index >= 15 is 0 Å². The maximum atomic E-state index is 11.6. The molecule has 0 aromatic heterocycles. The predicted molar refractivity (Wildman–Crippen MR) is 61.1 cm³/mol. The van der Waals surface area contributed by atoms with E-state index in [1.165, 1.54) is 0 Å². The highest BCUT2D eigenvalue weighted by Gasteiger charge is 2.24. The van der Waals surface area contributed by atoms with Gasteiger partial charge in [-0.25, -0.2) is 4.79 Å². The summed E-state index contributed by atoms with van der Waals surface area (Å²) in [6, 6.07) is -1.26. The van der Waals surface area contributed by atoms with Crippen molar-refractivity contribution < 1.29 is 19.5 Å². The number of hydrogen-bond acceptors (Lipinski definition) is 4. The maximum Gasteiger partial charge on any atom is 0.326 e. The van der Waals surface area contributed by atoms with Crippen LogP contribution in [-0.2, 0) is 14.4 Å². The van der Waals surface area contributed by atoms with E-state index < -0.39 is 30.2 Å². The highest BCUT2D eigenvalue weighted by molar-refractivity contribution is 5.88. The number of hydrogen-bond donors (Lipinski definition) is 4. The molecular weight excluding hydrogens is 226 g/mol. The fourth-order valence-corrected chi connectivity index (χ4v) is 1.17. The summed E-state index contributed by atoms with van der Waals surface area (Å²) in [5, 5.41) is 14.0. The first kappa shape index (κ1) is 15.4. The Bertz CT molecular complexity index is 293. The third-order valence-corrected chi connectivity index (χ3v) is 2.17. The number of amides is 2. The van der Waals surface area contributed by atoms with Gasteiger partial charge in [0.1, 0.15) is 6.04 Å². The van der Waals surface area contributed by atoms with Crippen molar-refractivity contribution in [2.24, 2.45) is 11.7 Å². The van der Waals surface area contributed by atoms with Crippen molar-refractivity contribution in [1.29, 1.82) is 0 Å². The molecule has 5 N–H and O–H groups in total. The summed E-state index contributed by atoms with van der Waals surface area (Å²) in [7, 11) is 0. The van der Waals surface area contributed by atoms with Crippen LogP contribution in [0.2, 0.25) is 0 Å². The van der Waals surface area contributed by atoms with Gasteiger partial charge in [0.25, 0.3) is 0 Å². The molecule has 7 heteroatoms. The van der Waals surface area contributed by atoms with Gasteiger partial charge in [0.05, 0.1) is 6.42 Å². The van der Waals surface area contributed by atoms with Crippen molar-refractivity contribution in [2.45, 2.75) is 26.3 Å². The molecule has 0 aromatic rings. The zero-order chi connectivity index (χ0) is 13.4. The summed E-state index contributed by atoms with van der Waals surface area (Å²) in [5.74, 6) is -2.82. The summed E-state index contributed by atoms with van der Waals surface area (Å²) < 4.78 is 0. The summed E-state index contributed by atoms with van der Waals surface area (Å²) in [6.07, 6.45) is -0.408. The second-order valence-electron chi connectivity index (χ2n) is 3.78. The lowest BCUT2D eigenvalue weighted by molar-refractivity contribution is -0.143. The summed E-state index contributed by atoms with van der Waals surface area (Å²) in [5.41, 5.74) is 4.90. The van der Waals surface area contributed by atoms with E-state index in [4.69, 9.17) is 10.8 Å². The Morgan fingerprint density at radius 3 is 2.35 bits per heavy atom. The van der Waals surface area contributed by atoms with Crippen molar-refractivity contribution >= 4 is 17.8 Å². The Labute approximate surface area is 99.7 Å². The van der Waals surface area contributed by atoms with Crippen LogP contribution in [0.25, 0.3) is 0 Å². The minimum Gasteiger partial charge on any atom is -0.480 e. The lowest BCUT2D eigenvalue weighted by Crippen LogP contribution is -2.46. The number of rotatable bonds is 8. The molecule has 0 bridgehead atoms. The molecule has 0 aromatic carbocycles. The number of carbonyl (C=O) groups excluding carboxylic acids is 2. The average molecular weight is 245 g/mol. The third-order valence-electron chi connectivity index (χ3n) is 2.17. The largest absolute Gasteiger partial charge is 0.480 e. The number of nitrogens with one attached hydrogen (secondary N) is 2. The predicted octanol–water partition coefficient (Wildman–Crippen LogP) is -1.32. The van der Waals surface area contributed by atoms with Gasteiger partial charge in [-0.1, -0.05) is 13.8 Å². The quantitative estimate of drug-likeness (QED) is 0.422. The van der Waals surface area contributed by atoms with E-state index in [-0.39, 0.29) is 5.92 Å². The molecule has 2 atom stereocenters. The van der Waals surface area contributed by atoms with Crippen LogP contribution >= 0.6 is 0 Å². The molecule has 98 valence electrons. The minimum atomic E-state index is -1.27. The number of primary amides is 1. The van der Waals surface area contributed by atoms with Gasteiger partial charge in [-0.15, -0.1) is 0 Å². The van der Waals surface area contributed by atoms with Crippen molar-refractivity contribution in [3.05, 3.63) is 0 Å². The van der Waals surface area contributed by atoms with Gasteiger partial charge >= 0.3 is 5.97 Å². The van der Waals surface area contributed by atoms with E-state index in [1.54, 1.807) is 6.92 Å². The number of aliphatic carboxylic acids is 1. The van der Waals surface area contributed by atoms with Crippen LogP contribution in [0.15, 0.2) is 0 Å². The Hall–Kier alpha value is -1.63. The molecule has 0 saturated heterocycles. The third kappa shape index (κ3) is 6.52. The molecular formula is C10H19N3O4. The van der Waals surface area contributed by atoms with E-state index in [9.17, 15) is 14.4 Å². The molecule has 0 fully saturated rings. The SMILES string of the molecule is CCNCC(C)C(=O)N[C@H](CC(N)=O)C(=O)O. The monoisotopic (exact) mass is 245 g/mol. The fraction of sp³-hybridized carbons (Fsp3) is 0.700. The topological polar surface area (TPSA) is 122 Å². The van der Waals surface area contributed by atoms with Crippen LogP contribution in [0, 0.1) is 5.92 Å². The number of nitrogens with two attached hydrogens (primary N) is 1. The van der Waals surface area contributed by atoms with Crippen molar-refractivity contribution in [3.63, 3.8) is 0 Å². The molecule has 1 unspecified atom stereocenters. The second-order valence-corrected chi connectivity index (χ2v) is 3.78. The minimum absolute atomic E-state index is 0.371. The van der Waals surface area contributed by atoms with Gasteiger partial charge in [-0.05, 0) is 6.54 Å². The molecule has 2 amide bonds. The Balaban J connectivity index is 4.29. The number of carbonyl (C=O) groups is 3. The van der Waals surface area contributed by atoms with E-state index in [0.29, 0.717) is 6.54 Å². The molecule has 0 aliphatic heterocycles. The van der Waals surface area contributed by atoms with Gasteiger partial charge in [-0.3, -0.25) is 9.59 Å². The van der Waals surface area contributed by atoms with Gasteiger partial charge in [0.2, 0.25) is 11.8 Å². The molecule has 0 aliphatic carbocycles. The molecule has 0 rings (SSSR count). The first-order valence-electron chi connectivity index (χ1n) is 5.40. The molecule has 0 saturated carbocycles. The van der Waals surface area contributed by atoms with Crippen LogP contribution in [0.4, 0.5) is 0 Å². The second kappa shape index (κ2) is 7.61. The molecule has 7 nitrogen and oxygen atoms in total. The number of carboxylic acids is 1. The van der Waals surface area contributed by atoms with Crippen LogP contribution in [0.1, 0.15) is 20.3 Å². The smallest absolute Gasteiger partial charge is 0.326 e. The first-order valence-corrected chi connectivity index (χ1v) is 5.40. The van der Waals surface area contributed by atoms with Crippen molar-refractivity contribution in [3.8, 4) is 0 Å². The normalized spacial score (nSPS) is 13.8. The van der Waals surface area contributed by atoms with Crippen LogP contribution in [-0.4, -0.2) is 42.0 Å². The Morgan fingerprint density at radius 2 is 1.94 bits per heavy atom. The standard InChI is InChI=1S/C10H19N3O4/c1-3-12-5-6(2)9(15)13-7(10(16)17)4-8(11)14/h6-7,12H,3-5H2,1-2H3,(H2,11,14)(H,13,15)(H,16,17)/t6?,7-/m1/s1. The lowest BCUT2D eigenvalue weighted by Gasteiger charge is -2.16. The zero-order valence-electron chi connectivity index (χ0n) is 10.0. The maximum absolute atomic E-state index is 11.6. The highest BCUT2D eigenvalue weighted by atomic mass is 16.4. The summed E-state index contributed by atoms with van der Waals surface area (Å²) in [6.45, 7) is 4.74. The summed E-state index contributed by atoms with van der Waals surface area (Å²) >= 11 is 0. The molecule has 0 radical (unpaired) electrons. The van der Waals surface area contributed by atoms with Gasteiger partial charge in [-0.2, -0.15) is 0 Å². The van der Waals surface area contributed by atoms with Gasteiger partial charge < -0.3 is 21.5 Å². The van der Waals surface area contributed by atoms with Gasteiger partial charge in [0.15, 0.2) is 0 Å². The van der Waals surface area contributed by atoms with Crippen LogP contribution in [0.5, 0.6) is 0 Å². The lowest BCUT2D eigenvalue weighted by atomic mass is 10.1. The van der Waals surface area contributed by atoms with E-state index in [0.717, 1.165) is 6.54 Å². The van der Waals surface area contributed by atoms with Crippen LogP contribution < -0.4 is 16.4 Å². The first-order chi connectivity index (χ1) is 7.88. The van der Waals surface area contributed by atoms with Gasteiger partial charge in [0, 0.05) is 12.5 Å². The van der Waals surface area contributed by atoms with Crippen molar-refractivity contribution in [2.75, 3.05) is 13.1 Å². The molecule has 0 spiro atoms. The summed E-state index contributed by atoms with van der Waals surface area (Å²) in [4.78, 5) is 33.0. The van der Waals surface area contributed by atoms with Crippen molar-refractivity contribution in [1.82, 2.24) is 10.6 Å². The number of carboxylic acid groups (broad SMARTS) is 1. The Kier molecular flexibility index (Phi) is 6.88. The molecule has 17 heavy (non-hydrogen) atoms. The fourth-order valence-electron chi connectivity index (χ4n) is 1.17. The molecule has 0 aliphatic rings.